The highest BCUT2D eigenvalue weighted by atomic mass is 19.4. The maximum atomic E-state index is 13.7. The highest BCUT2D eigenvalue weighted by Crippen LogP contribution is 2.44. The molecular formula is C27H30F7NO3. The van der Waals surface area contributed by atoms with Crippen molar-refractivity contribution in [3.05, 3.63) is 70.5 Å². The van der Waals surface area contributed by atoms with Crippen LogP contribution in [-0.4, -0.2) is 48.6 Å². The van der Waals surface area contributed by atoms with Crippen LogP contribution in [0.15, 0.2) is 42.5 Å². The van der Waals surface area contributed by atoms with Crippen molar-refractivity contribution >= 4 is 0 Å². The second kappa shape index (κ2) is 11.1. The topological polar surface area (TPSA) is 41.9 Å². The third-order valence-corrected chi connectivity index (χ3v) is 7.55. The summed E-state index contributed by atoms with van der Waals surface area (Å²) in [4.78, 5) is 2.13. The normalized spacial score (nSPS) is 28.3. The zero-order valence-corrected chi connectivity index (χ0v) is 20.9. The number of alkyl halides is 6. The van der Waals surface area contributed by atoms with Crippen molar-refractivity contribution in [2.45, 2.75) is 69.0 Å². The standard InChI is InChI=1S/C27H30F7NO3/c1-15(17-11-18(26(29,30)31)13-19(12-17)27(32,33)34)38-25-24(16-3-5-20(28)6-4-16)22(8-10-37-25)23-14-21(36)7-9-35(23)2/h3-6,11-13,15,21-25,36H,7-10,14H2,1-2H3. The number of halogens is 7. The minimum atomic E-state index is -4.98. The Labute approximate surface area is 216 Å². The van der Waals surface area contributed by atoms with E-state index in [4.69, 9.17) is 9.47 Å². The molecule has 1 N–H and O–H groups in total. The minimum Gasteiger partial charge on any atom is -0.393 e. The van der Waals surface area contributed by atoms with Crippen LogP contribution in [0, 0.1) is 11.7 Å². The molecule has 0 bridgehead atoms. The average Bonchev–Trinajstić information content (AvgIpc) is 2.84. The van der Waals surface area contributed by atoms with Gasteiger partial charge in [-0.25, -0.2) is 4.39 Å². The molecule has 4 rings (SSSR count). The van der Waals surface area contributed by atoms with Gasteiger partial charge in [0.05, 0.1) is 29.9 Å². The molecule has 2 heterocycles. The molecule has 38 heavy (non-hydrogen) atoms. The van der Waals surface area contributed by atoms with E-state index in [1.165, 1.54) is 19.1 Å². The number of piperidine rings is 1. The van der Waals surface area contributed by atoms with Crippen molar-refractivity contribution in [2.75, 3.05) is 20.2 Å². The van der Waals surface area contributed by atoms with E-state index in [1.807, 2.05) is 7.05 Å². The lowest BCUT2D eigenvalue weighted by atomic mass is 9.74. The lowest BCUT2D eigenvalue weighted by Gasteiger charge is -2.47. The van der Waals surface area contributed by atoms with Gasteiger partial charge < -0.3 is 19.5 Å². The molecule has 2 saturated heterocycles. The highest BCUT2D eigenvalue weighted by Gasteiger charge is 2.44. The van der Waals surface area contributed by atoms with E-state index in [1.54, 1.807) is 12.1 Å². The molecule has 2 aromatic carbocycles. The van der Waals surface area contributed by atoms with E-state index in [9.17, 15) is 35.8 Å². The summed E-state index contributed by atoms with van der Waals surface area (Å²) in [6.07, 6.45) is -11.0. The molecule has 2 aliphatic heterocycles. The van der Waals surface area contributed by atoms with Crippen LogP contribution in [0.4, 0.5) is 30.7 Å². The minimum absolute atomic E-state index is 0.0783. The molecule has 0 aromatic heterocycles. The Kier molecular flexibility index (Phi) is 8.42. The van der Waals surface area contributed by atoms with Crippen LogP contribution in [0.1, 0.15) is 60.5 Å². The number of ether oxygens (including phenoxy) is 2. The first-order chi connectivity index (χ1) is 17.7. The Hall–Kier alpha value is -2.21. The van der Waals surface area contributed by atoms with Crippen molar-refractivity contribution in [2.24, 2.45) is 5.92 Å². The molecule has 0 radical (unpaired) electrons. The molecule has 2 fully saturated rings. The van der Waals surface area contributed by atoms with E-state index in [0.29, 0.717) is 43.5 Å². The van der Waals surface area contributed by atoms with Gasteiger partial charge in [0.15, 0.2) is 6.29 Å². The number of hydrogen-bond donors (Lipinski definition) is 1. The predicted octanol–water partition coefficient (Wildman–Crippen LogP) is 6.54. The van der Waals surface area contributed by atoms with Gasteiger partial charge in [-0.15, -0.1) is 0 Å². The fraction of sp³-hybridized carbons (Fsp3) is 0.556. The summed E-state index contributed by atoms with van der Waals surface area (Å²) in [7, 11) is 1.94. The molecule has 0 amide bonds. The number of aliphatic hydroxyl groups excluding tert-OH is 1. The number of benzene rings is 2. The van der Waals surface area contributed by atoms with Crippen LogP contribution < -0.4 is 0 Å². The second-order valence-electron chi connectivity index (χ2n) is 10.1. The summed E-state index contributed by atoms with van der Waals surface area (Å²) < 4.78 is 106. The first-order valence-electron chi connectivity index (χ1n) is 12.4. The molecule has 2 aliphatic rings. The summed E-state index contributed by atoms with van der Waals surface area (Å²) in [6, 6.07) is 7.02. The van der Waals surface area contributed by atoms with Crippen LogP contribution in [0.2, 0.25) is 0 Å². The van der Waals surface area contributed by atoms with Crippen molar-refractivity contribution in [3.63, 3.8) is 0 Å². The molecule has 0 saturated carbocycles. The number of rotatable bonds is 5. The predicted molar refractivity (Wildman–Crippen MR) is 125 cm³/mol. The van der Waals surface area contributed by atoms with Crippen LogP contribution in [0.5, 0.6) is 0 Å². The zero-order chi connectivity index (χ0) is 27.8. The van der Waals surface area contributed by atoms with Crippen molar-refractivity contribution < 1.29 is 45.3 Å². The summed E-state index contributed by atoms with van der Waals surface area (Å²) in [5.41, 5.74) is -2.47. The van der Waals surface area contributed by atoms with Crippen molar-refractivity contribution in [3.8, 4) is 0 Å². The van der Waals surface area contributed by atoms with Gasteiger partial charge in [-0.1, -0.05) is 12.1 Å². The van der Waals surface area contributed by atoms with Crippen molar-refractivity contribution in [1.82, 2.24) is 4.90 Å². The molecule has 0 spiro atoms. The summed E-state index contributed by atoms with van der Waals surface area (Å²) in [5.74, 6) is -1.09. The van der Waals surface area contributed by atoms with E-state index in [-0.39, 0.29) is 30.2 Å². The average molecular weight is 550 g/mol. The summed E-state index contributed by atoms with van der Waals surface area (Å²) in [5, 5.41) is 10.3. The first-order valence-corrected chi connectivity index (χ1v) is 12.4. The van der Waals surface area contributed by atoms with Gasteiger partial charge >= 0.3 is 12.4 Å². The monoisotopic (exact) mass is 549 g/mol. The third kappa shape index (κ3) is 6.50. The SMILES string of the molecule is CC(OC1OCCC(C2CC(O)CCN2C)C1c1ccc(F)cc1)c1cc(C(F)(F)F)cc(C(F)(F)F)c1. The summed E-state index contributed by atoms with van der Waals surface area (Å²) in [6.45, 7) is 2.28. The summed E-state index contributed by atoms with van der Waals surface area (Å²) >= 11 is 0. The number of likely N-dealkylation sites (tertiary alicyclic amines) is 1. The molecule has 0 aliphatic carbocycles. The second-order valence-corrected chi connectivity index (χ2v) is 10.1. The fourth-order valence-corrected chi connectivity index (χ4v) is 5.54. The van der Waals surface area contributed by atoms with Gasteiger partial charge in [-0.3, -0.25) is 0 Å². The molecule has 6 atom stereocenters. The Bertz CT molecular complexity index is 1060. The number of aliphatic hydroxyl groups is 1. The maximum Gasteiger partial charge on any atom is 0.416 e. The van der Waals surface area contributed by atoms with E-state index in [0.717, 1.165) is 0 Å². The van der Waals surface area contributed by atoms with E-state index < -0.39 is 53.7 Å². The van der Waals surface area contributed by atoms with Crippen LogP contribution in [-0.2, 0) is 21.8 Å². The fourth-order valence-electron chi connectivity index (χ4n) is 5.54. The van der Waals surface area contributed by atoms with Gasteiger partial charge in [0.25, 0.3) is 0 Å². The van der Waals surface area contributed by atoms with Gasteiger partial charge in [0.1, 0.15) is 5.82 Å². The smallest absolute Gasteiger partial charge is 0.393 e. The van der Waals surface area contributed by atoms with Gasteiger partial charge in [0.2, 0.25) is 0 Å². The van der Waals surface area contributed by atoms with Crippen LogP contribution >= 0.6 is 0 Å². The van der Waals surface area contributed by atoms with E-state index in [2.05, 4.69) is 4.90 Å². The molecule has 6 unspecified atom stereocenters. The van der Waals surface area contributed by atoms with Crippen LogP contribution in [0.3, 0.4) is 0 Å². The van der Waals surface area contributed by atoms with Gasteiger partial charge in [0, 0.05) is 18.5 Å². The molecule has 2 aromatic rings. The maximum absolute atomic E-state index is 13.7. The number of hydrogen-bond acceptors (Lipinski definition) is 4. The largest absolute Gasteiger partial charge is 0.416 e. The quantitative estimate of drug-likeness (QED) is 0.430. The Balaban J connectivity index is 1.68. The molecular weight excluding hydrogens is 519 g/mol. The Morgan fingerprint density at radius 2 is 1.58 bits per heavy atom. The Morgan fingerprint density at radius 3 is 2.16 bits per heavy atom. The lowest BCUT2D eigenvalue weighted by Crippen LogP contribution is -2.51. The Morgan fingerprint density at radius 1 is 0.974 bits per heavy atom. The molecule has 11 heteroatoms. The number of nitrogens with zero attached hydrogens (tertiary/aromatic N) is 1. The van der Waals surface area contributed by atoms with Crippen LogP contribution in [0.25, 0.3) is 0 Å². The van der Waals surface area contributed by atoms with Gasteiger partial charge in [-0.2, -0.15) is 26.3 Å². The van der Waals surface area contributed by atoms with Crippen molar-refractivity contribution in [1.29, 1.82) is 0 Å². The molecule has 210 valence electrons. The highest BCUT2D eigenvalue weighted by molar-refractivity contribution is 5.35. The molecule has 4 nitrogen and oxygen atoms in total. The zero-order valence-electron chi connectivity index (χ0n) is 20.9. The lowest BCUT2D eigenvalue weighted by molar-refractivity contribution is -0.216. The van der Waals surface area contributed by atoms with E-state index >= 15 is 0 Å². The van der Waals surface area contributed by atoms with Gasteiger partial charge in [-0.05, 0) is 80.6 Å². The first kappa shape index (κ1) is 28.8. The third-order valence-electron chi connectivity index (χ3n) is 7.55.